The molecule has 10 heteroatoms. The first-order chi connectivity index (χ1) is 18.7. The Balaban J connectivity index is 2.04. The summed E-state index contributed by atoms with van der Waals surface area (Å²) in [4.78, 5) is 28.3. The van der Waals surface area contributed by atoms with E-state index in [0.717, 1.165) is 34.1 Å². The summed E-state index contributed by atoms with van der Waals surface area (Å²) >= 11 is 0. The van der Waals surface area contributed by atoms with Crippen LogP contribution in [-0.4, -0.2) is 50.4 Å². The number of amides is 2. The Kier molecular flexibility index (Phi) is 9.57. The minimum absolute atomic E-state index is 0.0348. The van der Waals surface area contributed by atoms with Gasteiger partial charge in [-0.1, -0.05) is 29.8 Å². The lowest BCUT2D eigenvalue weighted by Gasteiger charge is -2.33. The zero-order valence-electron chi connectivity index (χ0n) is 23.6. The molecule has 3 aromatic carbocycles. The van der Waals surface area contributed by atoms with Crippen molar-refractivity contribution in [3.63, 3.8) is 0 Å². The molecule has 214 valence electrons. The summed E-state index contributed by atoms with van der Waals surface area (Å²) in [5.41, 5.74) is 1.32. The Bertz CT molecular complexity index is 1440. The predicted octanol–water partition coefficient (Wildman–Crippen LogP) is 4.67. The maximum absolute atomic E-state index is 13.9. The van der Waals surface area contributed by atoms with Crippen LogP contribution in [0, 0.1) is 12.7 Å². The summed E-state index contributed by atoms with van der Waals surface area (Å²) in [6.07, 6.45) is 0. The molecule has 1 atom stereocenters. The normalized spacial score (nSPS) is 12.4. The van der Waals surface area contributed by atoms with Crippen LogP contribution in [0.1, 0.15) is 38.8 Å². The molecule has 0 saturated carbocycles. The summed E-state index contributed by atoms with van der Waals surface area (Å²) in [6.45, 7) is 8.41. The second-order valence-corrected chi connectivity index (χ2v) is 12.5. The van der Waals surface area contributed by atoms with Gasteiger partial charge in [0.2, 0.25) is 11.8 Å². The molecule has 0 heterocycles. The van der Waals surface area contributed by atoms with Crippen molar-refractivity contribution in [3.05, 3.63) is 89.7 Å². The van der Waals surface area contributed by atoms with E-state index >= 15 is 0 Å². The van der Waals surface area contributed by atoms with Crippen LogP contribution in [0.15, 0.2) is 77.7 Å². The number of anilines is 1. The molecule has 3 aromatic rings. The monoisotopic (exact) mass is 569 g/mol. The Hall–Kier alpha value is -3.92. The number of nitrogens with zero attached hydrogens (tertiary/aromatic N) is 2. The third-order valence-electron chi connectivity index (χ3n) is 6.16. The fourth-order valence-electron chi connectivity index (χ4n) is 4.00. The summed E-state index contributed by atoms with van der Waals surface area (Å²) in [6, 6.07) is 17.3. The van der Waals surface area contributed by atoms with Gasteiger partial charge < -0.3 is 15.0 Å². The van der Waals surface area contributed by atoms with Gasteiger partial charge in [0.1, 0.15) is 24.2 Å². The first kappa shape index (κ1) is 30.6. The maximum Gasteiger partial charge on any atom is 0.264 e. The standard InChI is InChI=1S/C30H36FN3O5S/c1-21-10-14-25(15-11-21)34(40(37,38)27-16-12-24(31)13-17-27)20-28(35)33(22(2)29(36)32-30(3,4)5)19-23-8-7-9-26(18-23)39-6/h7-18,22H,19-20H2,1-6H3,(H,32,36)/t22-/m1/s1. The lowest BCUT2D eigenvalue weighted by atomic mass is 10.1. The quantitative estimate of drug-likeness (QED) is 0.383. The minimum Gasteiger partial charge on any atom is -0.497 e. The molecule has 0 bridgehead atoms. The number of hydrogen-bond acceptors (Lipinski definition) is 5. The van der Waals surface area contributed by atoms with Gasteiger partial charge in [-0.3, -0.25) is 13.9 Å². The van der Waals surface area contributed by atoms with Crippen molar-refractivity contribution in [2.45, 2.75) is 57.6 Å². The Morgan fingerprint density at radius 3 is 2.20 bits per heavy atom. The smallest absolute Gasteiger partial charge is 0.264 e. The van der Waals surface area contributed by atoms with E-state index in [0.29, 0.717) is 11.3 Å². The van der Waals surface area contributed by atoms with Crippen LogP contribution in [0.2, 0.25) is 0 Å². The fraction of sp³-hybridized carbons (Fsp3) is 0.333. The first-order valence-electron chi connectivity index (χ1n) is 12.8. The number of carbonyl (C=O) groups excluding carboxylic acids is 2. The van der Waals surface area contributed by atoms with Crippen LogP contribution < -0.4 is 14.4 Å². The van der Waals surface area contributed by atoms with E-state index in [2.05, 4.69) is 5.32 Å². The highest BCUT2D eigenvalue weighted by Crippen LogP contribution is 2.25. The summed E-state index contributed by atoms with van der Waals surface area (Å²) < 4.78 is 47.4. The highest BCUT2D eigenvalue weighted by Gasteiger charge is 2.33. The van der Waals surface area contributed by atoms with Gasteiger partial charge >= 0.3 is 0 Å². The SMILES string of the molecule is COc1cccc(CN(C(=O)CN(c2ccc(C)cc2)S(=O)(=O)c2ccc(F)cc2)[C@H](C)C(=O)NC(C)(C)C)c1. The number of nitrogens with one attached hydrogen (secondary N) is 1. The molecule has 0 unspecified atom stereocenters. The summed E-state index contributed by atoms with van der Waals surface area (Å²) in [5, 5.41) is 2.89. The van der Waals surface area contributed by atoms with E-state index in [4.69, 9.17) is 4.74 Å². The number of benzene rings is 3. The summed E-state index contributed by atoms with van der Waals surface area (Å²) in [7, 11) is -2.74. The molecule has 1 N–H and O–H groups in total. The maximum atomic E-state index is 13.9. The van der Waals surface area contributed by atoms with Crippen molar-refractivity contribution in [1.29, 1.82) is 0 Å². The fourth-order valence-corrected chi connectivity index (χ4v) is 5.41. The molecule has 0 radical (unpaired) electrons. The molecule has 0 aliphatic rings. The van der Waals surface area contributed by atoms with Crippen molar-refractivity contribution < 1.29 is 27.1 Å². The van der Waals surface area contributed by atoms with Crippen LogP contribution in [0.4, 0.5) is 10.1 Å². The first-order valence-corrected chi connectivity index (χ1v) is 14.2. The van der Waals surface area contributed by atoms with E-state index in [1.807, 2.05) is 27.7 Å². The van der Waals surface area contributed by atoms with Gasteiger partial charge in [-0.15, -0.1) is 0 Å². The highest BCUT2D eigenvalue weighted by molar-refractivity contribution is 7.92. The third kappa shape index (κ3) is 7.81. The highest BCUT2D eigenvalue weighted by atomic mass is 32.2. The number of methoxy groups -OCH3 is 1. The van der Waals surface area contributed by atoms with E-state index in [1.54, 1.807) is 55.5 Å². The molecular weight excluding hydrogens is 533 g/mol. The Morgan fingerprint density at radius 1 is 1.00 bits per heavy atom. The van der Waals surface area contributed by atoms with Gasteiger partial charge in [-0.25, -0.2) is 12.8 Å². The molecule has 0 aliphatic heterocycles. The topological polar surface area (TPSA) is 96.0 Å². The molecule has 0 aliphatic carbocycles. The Morgan fingerprint density at radius 2 is 1.62 bits per heavy atom. The van der Waals surface area contributed by atoms with Gasteiger partial charge in [0, 0.05) is 12.1 Å². The molecule has 40 heavy (non-hydrogen) atoms. The lowest BCUT2D eigenvalue weighted by molar-refractivity contribution is -0.140. The van der Waals surface area contributed by atoms with Gasteiger partial charge in [0.05, 0.1) is 17.7 Å². The van der Waals surface area contributed by atoms with E-state index in [9.17, 15) is 22.4 Å². The lowest BCUT2D eigenvalue weighted by Crippen LogP contribution is -2.54. The molecular formula is C30H36FN3O5S. The van der Waals surface area contributed by atoms with Crippen LogP contribution >= 0.6 is 0 Å². The van der Waals surface area contributed by atoms with Crippen LogP contribution in [0.25, 0.3) is 0 Å². The van der Waals surface area contributed by atoms with Crippen molar-refractivity contribution in [2.75, 3.05) is 18.0 Å². The number of rotatable bonds is 10. The van der Waals surface area contributed by atoms with Gasteiger partial charge in [-0.05, 0) is 88.7 Å². The molecule has 2 amide bonds. The van der Waals surface area contributed by atoms with Crippen LogP contribution in [-0.2, 0) is 26.2 Å². The Labute approximate surface area is 235 Å². The van der Waals surface area contributed by atoms with E-state index < -0.39 is 39.9 Å². The number of sulfonamides is 1. The minimum atomic E-state index is -4.27. The predicted molar refractivity (Wildman–Crippen MR) is 153 cm³/mol. The van der Waals surface area contributed by atoms with Crippen molar-refractivity contribution in [2.24, 2.45) is 0 Å². The van der Waals surface area contributed by atoms with Gasteiger partial charge in [0.15, 0.2) is 0 Å². The second-order valence-electron chi connectivity index (χ2n) is 10.6. The van der Waals surface area contributed by atoms with Crippen molar-refractivity contribution in [1.82, 2.24) is 10.2 Å². The van der Waals surface area contributed by atoms with Crippen LogP contribution in [0.5, 0.6) is 5.75 Å². The second kappa shape index (κ2) is 12.5. The van der Waals surface area contributed by atoms with Gasteiger partial charge in [-0.2, -0.15) is 0 Å². The number of hydrogen-bond donors (Lipinski definition) is 1. The molecule has 0 fully saturated rings. The average Bonchev–Trinajstić information content (AvgIpc) is 2.89. The largest absolute Gasteiger partial charge is 0.497 e. The number of ether oxygens (including phenoxy) is 1. The molecule has 0 spiro atoms. The molecule has 8 nitrogen and oxygen atoms in total. The molecule has 0 saturated heterocycles. The molecule has 3 rings (SSSR count). The van der Waals surface area contributed by atoms with Crippen LogP contribution in [0.3, 0.4) is 0 Å². The van der Waals surface area contributed by atoms with E-state index in [-0.39, 0.29) is 23.0 Å². The zero-order valence-corrected chi connectivity index (χ0v) is 24.5. The van der Waals surface area contributed by atoms with Crippen molar-refractivity contribution in [3.8, 4) is 5.75 Å². The number of halogens is 1. The van der Waals surface area contributed by atoms with E-state index in [1.165, 1.54) is 12.0 Å². The number of aryl methyl sites for hydroxylation is 1. The van der Waals surface area contributed by atoms with Gasteiger partial charge in [0.25, 0.3) is 10.0 Å². The zero-order chi connectivity index (χ0) is 29.7. The average molecular weight is 570 g/mol. The summed E-state index contributed by atoms with van der Waals surface area (Å²) in [5.74, 6) is -0.977. The molecule has 0 aromatic heterocycles. The van der Waals surface area contributed by atoms with Crippen molar-refractivity contribution >= 4 is 27.5 Å². The third-order valence-corrected chi connectivity index (χ3v) is 7.94. The number of carbonyl (C=O) groups is 2.